The molecular formula is C24H25NO5. The van der Waals surface area contributed by atoms with Crippen LogP contribution in [0.5, 0.6) is 11.5 Å². The van der Waals surface area contributed by atoms with Crippen LogP contribution in [0.25, 0.3) is 0 Å². The molecule has 6 nitrogen and oxygen atoms in total. The minimum atomic E-state index is -1.34. The molecule has 0 aliphatic rings. The fourth-order valence-electron chi connectivity index (χ4n) is 3.26. The average Bonchev–Trinajstić information content (AvgIpc) is 2.79. The first kappa shape index (κ1) is 21.2. The highest BCUT2D eigenvalue weighted by Crippen LogP contribution is 2.37. The number of rotatable bonds is 9. The minimum absolute atomic E-state index is 0.332. The van der Waals surface area contributed by atoms with Gasteiger partial charge in [-0.05, 0) is 47.4 Å². The van der Waals surface area contributed by atoms with Crippen LogP contribution in [0.4, 0.5) is 4.79 Å². The third-order valence-corrected chi connectivity index (χ3v) is 4.84. The molecule has 3 aromatic carbocycles. The third kappa shape index (κ3) is 4.90. The summed E-state index contributed by atoms with van der Waals surface area (Å²) in [6.45, 7) is 0.722. The summed E-state index contributed by atoms with van der Waals surface area (Å²) in [6.07, 6.45) is -0.480. The van der Waals surface area contributed by atoms with Gasteiger partial charge in [0, 0.05) is 6.54 Å². The van der Waals surface area contributed by atoms with Gasteiger partial charge in [-0.25, -0.2) is 4.79 Å². The molecule has 1 atom stereocenters. The van der Waals surface area contributed by atoms with Crippen LogP contribution in [-0.4, -0.2) is 36.6 Å². The summed E-state index contributed by atoms with van der Waals surface area (Å²) in [7, 11) is 1.61. The van der Waals surface area contributed by atoms with Crippen LogP contribution in [-0.2, 0) is 5.60 Å². The van der Waals surface area contributed by atoms with Crippen molar-refractivity contribution in [1.82, 2.24) is 5.32 Å². The van der Waals surface area contributed by atoms with Crippen molar-refractivity contribution in [1.29, 1.82) is 0 Å². The molecule has 0 saturated heterocycles. The molecule has 0 radical (unpaired) electrons. The highest BCUT2D eigenvalue weighted by atomic mass is 16.5. The summed E-state index contributed by atoms with van der Waals surface area (Å²) >= 11 is 0. The second-order valence-corrected chi connectivity index (χ2v) is 6.76. The molecule has 3 rings (SSSR count). The molecule has 6 heteroatoms. The van der Waals surface area contributed by atoms with E-state index in [4.69, 9.17) is 14.6 Å². The summed E-state index contributed by atoms with van der Waals surface area (Å²) in [5, 5.41) is 22.7. The predicted molar refractivity (Wildman–Crippen MR) is 114 cm³/mol. The largest absolute Gasteiger partial charge is 0.497 e. The molecule has 0 aliphatic heterocycles. The van der Waals surface area contributed by atoms with Crippen LogP contribution in [0.15, 0.2) is 78.9 Å². The summed E-state index contributed by atoms with van der Waals surface area (Å²) in [4.78, 5) is 10.5. The van der Waals surface area contributed by atoms with E-state index in [2.05, 4.69) is 5.32 Å². The fraction of sp³-hybridized carbons (Fsp3) is 0.208. The van der Waals surface area contributed by atoms with Gasteiger partial charge in [-0.1, -0.05) is 54.6 Å². The SMILES string of the molecule is COc1ccc(C(O)(c2ccccc2)c2ccc(OCCCNC(=O)O)cc2)cc1. The smallest absolute Gasteiger partial charge is 0.404 e. The van der Waals surface area contributed by atoms with E-state index in [-0.39, 0.29) is 0 Å². The van der Waals surface area contributed by atoms with E-state index in [1.54, 1.807) is 19.2 Å². The summed E-state index contributed by atoms with van der Waals surface area (Å²) < 4.78 is 10.9. The molecule has 0 spiro atoms. The lowest BCUT2D eigenvalue weighted by atomic mass is 9.80. The fourth-order valence-corrected chi connectivity index (χ4v) is 3.26. The van der Waals surface area contributed by atoms with E-state index in [1.165, 1.54) is 0 Å². The van der Waals surface area contributed by atoms with Gasteiger partial charge < -0.3 is 25.0 Å². The molecule has 0 heterocycles. The Bertz CT molecular complexity index is 942. The number of hydrogen-bond acceptors (Lipinski definition) is 4. The lowest BCUT2D eigenvalue weighted by Crippen LogP contribution is -2.28. The van der Waals surface area contributed by atoms with Gasteiger partial charge in [-0.2, -0.15) is 0 Å². The molecule has 0 fully saturated rings. The molecule has 0 aliphatic carbocycles. The van der Waals surface area contributed by atoms with Crippen LogP contribution < -0.4 is 14.8 Å². The van der Waals surface area contributed by atoms with Gasteiger partial charge in [0.1, 0.15) is 17.1 Å². The highest BCUT2D eigenvalue weighted by Gasteiger charge is 2.33. The monoisotopic (exact) mass is 407 g/mol. The predicted octanol–water partition coefficient (Wildman–Crippen LogP) is 4.02. The van der Waals surface area contributed by atoms with Crippen LogP contribution in [0, 0.1) is 0 Å². The van der Waals surface area contributed by atoms with Crippen molar-refractivity contribution in [2.45, 2.75) is 12.0 Å². The Kier molecular flexibility index (Phi) is 6.93. The van der Waals surface area contributed by atoms with Crippen LogP contribution in [0.1, 0.15) is 23.1 Å². The average molecular weight is 407 g/mol. The van der Waals surface area contributed by atoms with Gasteiger partial charge in [0.25, 0.3) is 0 Å². The maximum Gasteiger partial charge on any atom is 0.404 e. The van der Waals surface area contributed by atoms with Crippen molar-refractivity contribution in [3.8, 4) is 11.5 Å². The zero-order valence-electron chi connectivity index (χ0n) is 16.7. The molecule has 0 aromatic heterocycles. The summed E-state index contributed by atoms with van der Waals surface area (Å²) in [5.74, 6) is 1.37. The van der Waals surface area contributed by atoms with Gasteiger partial charge in [-0.15, -0.1) is 0 Å². The number of nitrogens with one attached hydrogen (secondary N) is 1. The topological polar surface area (TPSA) is 88.0 Å². The van der Waals surface area contributed by atoms with Crippen molar-refractivity contribution in [2.75, 3.05) is 20.3 Å². The Morgan fingerprint density at radius 3 is 1.93 bits per heavy atom. The lowest BCUT2D eigenvalue weighted by Gasteiger charge is -2.30. The molecule has 3 aromatic rings. The van der Waals surface area contributed by atoms with Crippen LogP contribution in [0.2, 0.25) is 0 Å². The van der Waals surface area contributed by atoms with Crippen molar-refractivity contribution >= 4 is 6.09 Å². The number of methoxy groups -OCH3 is 1. The van der Waals surface area contributed by atoms with Gasteiger partial charge in [0.15, 0.2) is 0 Å². The first-order valence-electron chi connectivity index (χ1n) is 9.66. The first-order valence-corrected chi connectivity index (χ1v) is 9.66. The Labute approximate surface area is 175 Å². The molecule has 1 amide bonds. The number of hydrogen-bond donors (Lipinski definition) is 3. The number of carbonyl (C=O) groups is 1. The van der Waals surface area contributed by atoms with E-state index < -0.39 is 11.7 Å². The van der Waals surface area contributed by atoms with Gasteiger partial charge in [0.2, 0.25) is 0 Å². The van der Waals surface area contributed by atoms with Crippen molar-refractivity contribution < 1.29 is 24.5 Å². The molecule has 156 valence electrons. The molecule has 0 saturated carbocycles. The van der Waals surface area contributed by atoms with Crippen molar-refractivity contribution in [2.24, 2.45) is 0 Å². The lowest BCUT2D eigenvalue weighted by molar-refractivity contribution is 0.125. The Morgan fingerprint density at radius 2 is 1.40 bits per heavy atom. The Balaban J connectivity index is 1.83. The number of carboxylic acid groups (broad SMARTS) is 1. The highest BCUT2D eigenvalue weighted by molar-refractivity contribution is 5.64. The summed E-state index contributed by atoms with van der Waals surface area (Å²) in [6, 6.07) is 24.1. The van der Waals surface area contributed by atoms with Gasteiger partial charge in [0.05, 0.1) is 13.7 Å². The van der Waals surface area contributed by atoms with E-state index in [1.807, 2.05) is 66.7 Å². The van der Waals surface area contributed by atoms with Crippen LogP contribution in [0.3, 0.4) is 0 Å². The quantitative estimate of drug-likeness (QED) is 0.368. The minimum Gasteiger partial charge on any atom is -0.497 e. The molecule has 30 heavy (non-hydrogen) atoms. The van der Waals surface area contributed by atoms with Crippen molar-refractivity contribution in [3.63, 3.8) is 0 Å². The standard InChI is InChI=1S/C24H25NO5/c1-29-21-12-8-19(9-13-21)24(28,18-6-3-2-4-7-18)20-10-14-22(15-11-20)30-17-5-16-25-23(26)27/h2-4,6-15,25,28H,5,16-17H2,1H3,(H,26,27). The Morgan fingerprint density at radius 1 is 0.867 bits per heavy atom. The number of benzene rings is 3. The molecule has 0 bridgehead atoms. The van der Waals surface area contributed by atoms with Gasteiger partial charge >= 0.3 is 6.09 Å². The molecule has 1 unspecified atom stereocenters. The maximum atomic E-state index is 11.8. The van der Waals surface area contributed by atoms with E-state index >= 15 is 0 Å². The second kappa shape index (κ2) is 9.80. The van der Waals surface area contributed by atoms with Gasteiger partial charge in [-0.3, -0.25) is 0 Å². The number of ether oxygens (including phenoxy) is 2. The Hall–Kier alpha value is -3.51. The van der Waals surface area contributed by atoms with E-state index in [9.17, 15) is 9.90 Å². The zero-order chi connectivity index (χ0) is 21.4. The van der Waals surface area contributed by atoms with Crippen LogP contribution >= 0.6 is 0 Å². The maximum absolute atomic E-state index is 11.8. The molecular weight excluding hydrogens is 382 g/mol. The normalized spacial score (nSPS) is 12.6. The number of amides is 1. The zero-order valence-corrected chi connectivity index (χ0v) is 16.7. The molecule has 3 N–H and O–H groups in total. The third-order valence-electron chi connectivity index (χ3n) is 4.84. The summed E-state index contributed by atoms with van der Waals surface area (Å²) in [5.41, 5.74) is 0.850. The van der Waals surface area contributed by atoms with Crippen molar-refractivity contribution in [3.05, 3.63) is 95.6 Å². The first-order chi connectivity index (χ1) is 14.5. The second-order valence-electron chi connectivity index (χ2n) is 6.76. The number of aliphatic hydroxyl groups is 1. The van der Waals surface area contributed by atoms with E-state index in [0.717, 1.165) is 16.9 Å². The van der Waals surface area contributed by atoms with E-state index in [0.29, 0.717) is 30.9 Å².